The monoisotopic (exact) mass is 287 g/mol. The van der Waals surface area contributed by atoms with Gasteiger partial charge in [-0.2, -0.15) is 0 Å². The highest BCUT2D eigenvalue weighted by Crippen LogP contribution is 2.40. The molecule has 1 unspecified atom stereocenters. The van der Waals surface area contributed by atoms with Gasteiger partial charge >= 0.3 is 0 Å². The van der Waals surface area contributed by atoms with Crippen LogP contribution in [0.2, 0.25) is 0 Å². The van der Waals surface area contributed by atoms with Gasteiger partial charge in [-0.3, -0.25) is 5.01 Å². The molecule has 0 amide bonds. The second-order valence-corrected chi connectivity index (χ2v) is 5.34. The number of fused-ring (bicyclic) bond motifs is 1. The highest BCUT2D eigenvalue weighted by Gasteiger charge is 2.45. The van der Waals surface area contributed by atoms with Crippen LogP contribution in [0.3, 0.4) is 0 Å². The predicted octanol–water partition coefficient (Wildman–Crippen LogP) is 2.61. The van der Waals surface area contributed by atoms with E-state index in [1.807, 2.05) is 6.26 Å². The first-order chi connectivity index (χ1) is 9.08. The van der Waals surface area contributed by atoms with Gasteiger partial charge in [-0.05, 0) is 24.0 Å². The molecule has 3 nitrogen and oxygen atoms in total. The topological polar surface area (TPSA) is 27.6 Å². The summed E-state index contributed by atoms with van der Waals surface area (Å²) in [5, 5.41) is 9.39. The largest absolute Gasteiger partial charge is 0.339 e. The number of amidine groups is 1. The average Bonchev–Trinajstić information content (AvgIpc) is 2.89. The minimum absolute atomic E-state index is 0.172. The van der Waals surface area contributed by atoms with E-state index >= 15 is 0 Å². The van der Waals surface area contributed by atoms with Crippen molar-refractivity contribution in [1.29, 1.82) is 0 Å². The lowest BCUT2D eigenvalue weighted by molar-refractivity contribution is 0.180. The molecule has 3 rings (SSSR count). The van der Waals surface area contributed by atoms with Crippen molar-refractivity contribution in [2.45, 2.75) is 24.8 Å². The van der Waals surface area contributed by atoms with Crippen molar-refractivity contribution in [2.24, 2.45) is 5.10 Å². The third-order valence-electron chi connectivity index (χ3n) is 3.34. The molecule has 102 valence electrons. The van der Waals surface area contributed by atoms with Crippen molar-refractivity contribution in [1.82, 2.24) is 10.3 Å². The average molecular weight is 287 g/mol. The van der Waals surface area contributed by atoms with E-state index in [9.17, 15) is 13.2 Å². The fourth-order valence-corrected chi connectivity index (χ4v) is 2.93. The number of rotatable bonds is 1. The van der Waals surface area contributed by atoms with Crippen LogP contribution in [-0.2, 0) is 0 Å². The van der Waals surface area contributed by atoms with E-state index < -0.39 is 30.0 Å². The molecule has 1 aromatic carbocycles. The van der Waals surface area contributed by atoms with E-state index in [4.69, 9.17) is 0 Å². The van der Waals surface area contributed by atoms with E-state index in [0.29, 0.717) is 10.7 Å². The molecular weight excluding hydrogens is 275 g/mol. The maximum absolute atomic E-state index is 14.0. The molecule has 7 heteroatoms. The Morgan fingerprint density at radius 1 is 1.32 bits per heavy atom. The van der Waals surface area contributed by atoms with Gasteiger partial charge in [-0.1, -0.05) is 11.8 Å². The Hall–Kier alpha value is -1.37. The van der Waals surface area contributed by atoms with Crippen LogP contribution >= 0.6 is 11.8 Å². The van der Waals surface area contributed by atoms with Crippen LogP contribution in [0.25, 0.3) is 0 Å². The number of halogens is 3. The van der Waals surface area contributed by atoms with Crippen LogP contribution < -0.4 is 5.32 Å². The maximum Gasteiger partial charge on any atom is 0.182 e. The zero-order valence-corrected chi connectivity index (χ0v) is 10.9. The smallest absolute Gasteiger partial charge is 0.182 e. The van der Waals surface area contributed by atoms with E-state index in [0.717, 1.165) is 6.07 Å². The summed E-state index contributed by atoms with van der Waals surface area (Å²) < 4.78 is 40.5. The van der Waals surface area contributed by atoms with Crippen molar-refractivity contribution in [3.05, 3.63) is 35.4 Å². The first kappa shape index (κ1) is 12.7. The van der Waals surface area contributed by atoms with Crippen LogP contribution in [-0.4, -0.2) is 28.8 Å². The zero-order chi connectivity index (χ0) is 13.6. The zero-order valence-electron chi connectivity index (χ0n) is 10.1. The van der Waals surface area contributed by atoms with Crippen molar-refractivity contribution >= 4 is 16.9 Å². The normalized spacial score (nSPS) is 29.2. The molecule has 1 N–H and O–H groups in total. The minimum atomic E-state index is -1.12. The van der Waals surface area contributed by atoms with E-state index in [-0.39, 0.29) is 6.42 Å². The number of alkyl halides is 1. The lowest BCUT2D eigenvalue weighted by Gasteiger charge is -2.21. The summed E-state index contributed by atoms with van der Waals surface area (Å²) in [4.78, 5) is 0. The van der Waals surface area contributed by atoms with Gasteiger partial charge in [0.15, 0.2) is 5.17 Å². The third-order valence-corrected chi connectivity index (χ3v) is 3.92. The van der Waals surface area contributed by atoms with Crippen LogP contribution in [0.4, 0.5) is 13.2 Å². The number of thioether (sulfide) groups is 1. The second kappa shape index (κ2) is 4.63. The number of hydrazone groups is 1. The van der Waals surface area contributed by atoms with E-state index in [1.165, 1.54) is 23.9 Å². The summed E-state index contributed by atoms with van der Waals surface area (Å²) >= 11 is 1.38. The quantitative estimate of drug-likeness (QED) is 0.860. The van der Waals surface area contributed by atoms with Gasteiger partial charge in [0.25, 0.3) is 0 Å². The van der Waals surface area contributed by atoms with Gasteiger partial charge < -0.3 is 5.32 Å². The van der Waals surface area contributed by atoms with Crippen LogP contribution in [0.15, 0.2) is 23.3 Å². The van der Waals surface area contributed by atoms with Gasteiger partial charge in [0.1, 0.15) is 24.0 Å². The third kappa shape index (κ3) is 2.16. The van der Waals surface area contributed by atoms with Gasteiger partial charge in [-0.15, -0.1) is 5.10 Å². The maximum atomic E-state index is 14.0. The summed E-state index contributed by atoms with van der Waals surface area (Å²) in [7, 11) is 0. The predicted molar refractivity (Wildman–Crippen MR) is 68.3 cm³/mol. The Bertz CT molecular complexity index is 517. The van der Waals surface area contributed by atoms with Gasteiger partial charge in [-0.25, -0.2) is 13.2 Å². The Balaban J connectivity index is 1.94. The molecule has 0 aromatic heterocycles. The van der Waals surface area contributed by atoms with Gasteiger partial charge in [0, 0.05) is 12.5 Å². The Kier molecular flexibility index (Phi) is 3.08. The fraction of sp³-hybridized carbons (Fsp3) is 0.417. The SMILES string of the molecule is CSC1=NN2C(N1)[C@@H](F)C[C@H]2c1cc(F)cc(F)c1. The first-order valence-electron chi connectivity index (χ1n) is 5.86. The number of nitrogens with zero attached hydrogens (tertiary/aromatic N) is 2. The van der Waals surface area contributed by atoms with E-state index in [2.05, 4.69) is 10.4 Å². The summed E-state index contributed by atoms with van der Waals surface area (Å²) in [6, 6.07) is 2.83. The molecule has 19 heavy (non-hydrogen) atoms. The Labute approximate surface area is 112 Å². The molecule has 2 aliphatic rings. The molecule has 0 bridgehead atoms. The number of benzene rings is 1. The van der Waals surface area contributed by atoms with Crippen molar-refractivity contribution in [2.75, 3.05) is 6.26 Å². The molecule has 0 radical (unpaired) electrons. The summed E-state index contributed by atoms with van der Waals surface area (Å²) in [5.74, 6) is -1.31. The van der Waals surface area contributed by atoms with Gasteiger partial charge in [0.2, 0.25) is 0 Å². The minimum Gasteiger partial charge on any atom is -0.339 e. The molecule has 0 saturated carbocycles. The number of hydrogen-bond acceptors (Lipinski definition) is 4. The molecule has 1 aromatic rings. The lowest BCUT2D eigenvalue weighted by atomic mass is 10.0. The van der Waals surface area contributed by atoms with Crippen molar-refractivity contribution in [3.63, 3.8) is 0 Å². The molecule has 0 aliphatic carbocycles. The van der Waals surface area contributed by atoms with Crippen LogP contribution in [0.1, 0.15) is 18.0 Å². The van der Waals surface area contributed by atoms with Crippen LogP contribution in [0.5, 0.6) is 0 Å². The lowest BCUT2D eigenvalue weighted by Crippen LogP contribution is -2.38. The summed E-state index contributed by atoms with van der Waals surface area (Å²) in [5.41, 5.74) is 0.413. The molecule has 1 saturated heterocycles. The second-order valence-electron chi connectivity index (χ2n) is 4.55. The molecule has 3 atom stereocenters. The number of nitrogens with one attached hydrogen (secondary N) is 1. The van der Waals surface area contributed by atoms with E-state index in [1.54, 1.807) is 5.01 Å². The Morgan fingerprint density at radius 3 is 2.63 bits per heavy atom. The summed E-state index contributed by atoms with van der Waals surface area (Å²) in [6.45, 7) is 0. The van der Waals surface area contributed by atoms with Crippen molar-refractivity contribution < 1.29 is 13.2 Å². The summed E-state index contributed by atoms with van der Waals surface area (Å²) in [6.07, 6.45) is 0.340. The molecule has 2 aliphatic heterocycles. The fourth-order valence-electron chi connectivity index (χ4n) is 2.51. The van der Waals surface area contributed by atoms with Crippen molar-refractivity contribution in [3.8, 4) is 0 Å². The van der Waals surface area contributed by atoms with Crippen LogP contribution in [0, 0.1) is 11.6 Å². The standard InChI is InChI=1S/C12H12F3N3S/c1-19-12-16-11-9(15)5-10(18(11)17-12)6-2-7(13)4-8(14)3-6/h2-4,9-11H,5H2,1H3,(H,16,17)/t9-,10-,11?/m0/s1. The molecule has 2 heterocycles. The highest BCUT2D eigenvalue weighted by atomic mass is 32.2. The number of hydrogen-bond donors (Lipinski definition) is 1. The highest BCUT2D eigenvalue weighted by molar-refractivity contribution is 8.13. The molecule has 0 spiro atoms. The first-order valence-corrected chi connectivity index (χ1v) is 7.08. The molecular formula is C12H12F3N3S. The van der Waals surface area contributed by atoms with Gasteiger partial charge in [0.05, 0.1) is 6.04 Å². The molecule has 1 fully saturated rings. The Morgan fingerprint density at radius 2 is 2.00 bits per heavy atom.